The monoisotopic (exact) mass is 165 g/mol. The molecule has 1 rings (SSSR count). The Labute approximate surface area is 73.6 Å². The number of aromatic nitrogens is 1. The SMILES string of the molecule is CCCCc1cccc(OC)n1. The zero-order valence-corrected chi connectivity index (χ0v) is 7.71. The number of aryl methyl sites for hydroxylation is 1. The Hall–Kier alpha value is -1.05. The minimum absolute atomic E-state index is 0.712. The maximum atomic E-state index is 5.02. The van der Waals surface area contributed by atoms with E-state index in [4.69, 9.17) is 4.74 Å². The Morgan fingerprint density at radius 1 is 1.42 bits per heavy atom. The standard InChI is InChI=1S/C10H15NO/c1-3-4-6-9-7-5-8-10(11-9)12-2/h5,7-8H,3-4,6H2,1-2H3. The minimum atomic E-state index is 0.712. The number of hydrogen-bond acceptors (Lipinski definition) is 2. The summed E-state index contributed by atoms with van der Waals surface area (Å²) in [6.07, 6.45) is 3.45. The molecule has 0 fully saturated rings. The zero-order chi connectivity index (χ0) is 8.81. The van der Waals surface area contributed by atoms with E-state index in [2.05, 4.69) is 11.9 Å². The quantitative estimate of drug-likeness (QED) is 0.683. The van der Waals surface area contributed by atoms with Crippen LogP contribution in [-0.2, 0) is 6.42 Å². The van der Waals surface area contributed by atoms with E-state index >= 15 is 0 Å². The summed E-state index contributed by atoms with van der Waals surface area (Å²) >= 11 is 0. The summed E-state index contributed by atoms with van der Waals surface area (Å²) in [4.78, 5) is 4.31. The largest absolute Gasteiger partial charge is 0.481 e. The van der Waals surface area contributed by atoms with Crippen LogP contribution in [0.25, 0.3) is 0 Å². The van der Waals surface area contributed by atoms with Crippen molar-refractivity contribution in [2.45, 2.75) is 26.2 Å². The molecule has 0 bridgehead atoms. The van der Waals surface area contributed by atoms with Gasteiger partial charge in [-0.3, -0.25) is 0 Å². The number of pyridine rings is 1. The molecule has 0 saturated carbocycles. The number of methoxy groups -OCH3 is 1. The molecule has 2 nitrogen and oxygen atoms in total. The van der Waals surface area contributed by atoms with Crippen LogP contribution in [0.4, 0.5) is 0 Å². The average molecular weight is 165 g/mol. The van der Waals surface area contributed by atoms with Gasteiger partial charge >= 0.3 is 0 Å². The molecule has 0 amide bonds. The Morgan fingerprint density at radius 3 is 2.92 bits per heavy atom. The van der Waals surface area contributed by atoms with Gasteiger partial charge < -0.3 is 4.74 Å². The normalized spacial score (nSPS) is 9.83. The third-order valence-electron chi connectivity index (χ3n) is 1.78. The van der Waals surface area contributed by atoms with Crippen molar-refractivity contribution in [2.24, 2.45) is 0 Å². The van der Waals surface area contributed by atoms with Crippen molar-refractivity contribution < 1.29 is 4.74 Å². The van der Waals surface area contributed by atoms with Gasteiger partial charge in [-0.2, -0.15) is 0 Å². The van der Waals surface area contributed by atoms with E-state index in [-0.39, 0.29) is 0 Å². The lowest BCUT2D eigenvalue weighted by Crippen LogP contribution is -1.92. The van der Waals surface area contributed by atoms with Crippen LogP contribution in [0.2, 0.25) is 0 Å². The highest BCUT2D eigenvalue weighted by atomic mass is 16.5. The first-order chi connectivity index (χ1) is 5.86. The third-order valence-corrected chi connectivity index (χ3v) is 1.78. The molecule has 12 heavy (non-hydrogen) atoms. The molecule has 0 aliphatic carbocycles. The number of unbranched alkanes of at least 4 members (excludes halogenated alkanes) is 1. The summed E-state index contributed by atoms with van der Waals surface area (Å²) in [5, 5.41) is 0. The van der Waals surface area contributed by atoms with Crippen LogP contribution in [0.1, 0.15) is 25.5 Å². The van der Waals surface area contributed by atoms with Gasteiger partial charge in [0.25, 0.3) is 0 Å². The van der Waals surface area contributed by atoms with Crippen LogP contribution < -0.4 is 4.74 Å². The maximum Gasteiger partial charge on any atom is 0.213 e. The van der Waals surface area contributed by atoms with Gasteiger partial charge in [-0.05, 0) is 18.9 Å². The van der Waals surface area contributed by atoms with Crippen molar-refractivity contribution in [3.63, 3.8) is 0 Å². The zero-order valence-electron chi connectivity index (χ0n) is 7.71. The lowest BCUT2D eigenvalue weighted by atomic mass is 10.2. The number of hydrogen-bond donors (Lipinski definition) is 0. The van der Waals surface area contributed by atoms with Crippen molar-refractivity contribution in [1.82, 2.24) is 4.98 Å². The molecule has 0 N–H and O–H groups in total. The average Bonchev–Trinajstić information content (AvgIpc) is 2.15. The molecule has 1 aromatic rings. The predicted molar refractivity (Wildman–Crippen MR) is 49.4 cm³/mol. The number of ether oxygens (including phenoxy) is 1. The van der Waals surface area contributed by atoms with Gasteiger partial charge in [0, 0.05) is 11.8 Å². The molecule has 0 atom stereocenters. The van der Waals surface area contributed by atoms with Gasteiger partial charge in [-0.15, -0.1) is 0 Å². The Morgan fingerprint density at radius 2 is 2.25 bits per heavy atom. The summed E-state index contributed by atoms with van der Waals surface area (Å²) < 4.78 is 5.02. The van der Waals surface area contributed by atoms with Crippen LogP contribution in [0.15, 0.2) is 18.2 Å². The van der Waals surface area contributed by atoms with E-state index in [9.17, 15) is 0 Å². The van der Waals surface area contributed by atoms with E-state index in [1.54, 1.807) is 7.11 Å². The van der Waals surface area contributed by atoms with E-state index in [1.165, 1.54) is 12.8 Å². The van der Waals surface area contributed by atoms with Crippen molar-refractivity contribution in [3.05, 3.63) is 23.9 Å². The summed E-state index contributed by atoms with van der Waals surface area (Å²) in [6, 6.07) is 5.89. The van der Waals surface area contributed by atoms with Gasteiger partial charge in [0.15, 0.2) is 0 Å². The Kier molecular flexibility index (Phi) is 3.58. The van der Waals surface area contributed by atoms with Crippen LogP contribution in [0.5, 0.6) is 5.88 Å². The Balaban J connectivity index is 2.60. The van der Waals surface area contributed by atoms with Gasteiger partial charge in [-0.25, -0.2) is 4.98 Å². The number of rotatable bonds is 4. The molecule has 0 unspecified atom stereocenters. The van der Waals surface area contributed by atoms with Crippen molar-refractivity contribution in [2.75, 3.05) is 7.11 Å². The third kappa shape index (κ3) is 2.53. The minimum Gasteiger partial charge on any atom is -0.481 e. The second-order valence-electron chi connectivity index (χ2n) is 2.77. The molecule has 1 heterocycles. The summed E-state index contributed by atoms with van der Waals surface area (Å²) in [6.45, 7) is 2.18. The second kappa shape index (κ2) is 4.75. The van der Waals surface area contributed by atoms with Gasteiger partial charge in [0.2, 0.25) is 5.88 Å². The summed E-state index contributed by atoms with van der Waals surface area (Å²) in [5.41, 5.74) is 1.12. The van der Waals surface area contributed by atoms with E-state index in [0.717, 1.165) is 12.1 Å². The summed E-state index contributed by atoms with van der Waals surface area (Å²) in [7, 11) is 1.64. The Bertz CT molecular complexity index is 235. The highest BCUT2D eigenvalue weighted by Crippen LogP contribution is 2.08. The van der Waals surface area contributed by atoms with Crippen molar-refractivity contribution >= 4 is 0 Å². The molecule has 0 aliphatic heterocycles. The van der Waals surface area contributed by atoms with Crippen molar-refractivity contribution in [3.8, 4) is 5.88 Å². The maximum absolute atomic E-state index is 5.02. The predicted octanol–water partition coefficient (Wildman–Crippen LogP) is 2.43. The van der Waals surface area contributed by atoms with Crippen LogP contribution in [0, 0.1) is 0 Å². The van der Waals surface area contributed by atoms with Crippen LogP contribution in [0.3, 0.4) is 0 Å². The smallest absolute Gasteiger partial charge is 0.213 e. The fraction of sp³-hybridized carbons (Fsp3) is 0.500. The van der Waals surface area contributed by atoms with Crippen LogP contribution in [-0.4, -0.2) is 12.1 Å². The molecular weight excluding hydrogens is 150 g/mol. The second-order valence-corrected chi connectivity index (χ2v) is 2.77. The lowest BCUT2D eigenvalue weighted by Gasteiger charge is -2.01. The van der Waals surface area contributed by atoms with Gasteiger partial charge in [0.05, 0.1) is 7.11 Å². The first-order valence-corrected chi connectivity index (χ1v) is 4.36. The molecule has 0 spiro atoms. The highest BCUT2D eigenvalue weighted by Gasteiger charge is 1.95. The van der Waals surface area contributed by atoms with Crippen LogP contribution >= 0.6 is 0 Å². The first-order valence-electron chi connectivity index (χ1n) is 4.36. The molecule has 0 aliphatic rings. The summed E-state index contributed by atoms with van der Waals surface area (Å²) in [5.74, 6) is 0.712. The van der Waals surface area contributed by atoms with Crippen molar-refractivity contribution in [1.29, 1.82) is 0 Å². The van der Waals surface area contributed by atoms with E-state index in [1.807, 2.05) is 18.2 Å². The lowest BCUT2D eigenvalue weighted by molar-refractivity contribution is 0.396. The molecule has 2 heteroatoms. The fourth-order valence-electron chi connectivity index (χ4n) is 1.07. The number of nitrogens with zero attached hydrogens (tertiary/aromatic N) is 1. The fourth-order valence-corrected chi connectivity index (χ4v) is 1.07. The first kappa shape index (κ1) is 9.04. The molecule has 1 aromatic heterocycles. The topological polar surface area (TPSA) is 22.1 Å². The highest BCUT2D eigenvalue weighted by molar-refractivity contribution is 5.15. The van der Waals surface area contributed by atoms with Gasteiger partial charge in [-0.1, -0.05) is 19.4 Å². The molecule has 0 saturated heterocycles. The van der Waals surface area contributed by atoms with E-state index in [0.29, 0.717) is 5.88 Å². The molecule has 66 valence electrons. The molecule has 0 radical (unpaired) electrons. The van der Waals surface area contributed by atoms with Gasteiger partial charge in [0.1, 0.15) is 0 Å². The molecular formula is C10H15NO. The molecule has 0 aromatic carbocycles. The van der Waals surface area contributed by atoms with E-state index < -0.39 is 0 Å².